The highest BCUT2D eigenvalue weighted by Gasteiger charge is 2.09. The molecule has 2 aromatic rings. The van der Waals surface area contributed by atoms with Crippen LogP contribution in [0.5, 0.6) is 5.75 Å². The summed E-state index contributed by atoms with van der Waals surface area (Å²) in [6, 6.07) is 13.2. The van der Waals surface area contributed by atoms with Gasteiger partial charge >= 0.3 is 11.9 Å². The van der Waals surface area contributed by atoms with Crippen molar-refractivity contribution in [3.8, 4) is 5.75 Å². The van der Waals surface area contributed by atoms with Gasteiger partial charge in [0.1, 0.15) is 5.75 Å². The summed E-state index contributed by atoms with van der Waals surface area (Å²) in [5.74, 6) is -0.765. The molecule has 0 aliphatic heterocycles. The number of benzene rings is 2. The molecule has 7 heteroatoms. The molecule has 0 unspecified atom stereocenters. The fourth-order valence-electron chi connectivity index (χ4n) is 2.20. The standard InChI is InChI=1S/C20H21NO6/c1-3-26-20(24)16-5-4-6-17(11-16)27-13-18(22)21-12-14-7-9-15(10-8-14)19(23)25-2/h4-11H,3,12-13H2,1-2H3,(H,21,22). The number of amides is 1. The van der Waals surface area contributed by atoms with Crippen LogP contribution >= 0.6 is 0 Å². The maximum atomic E-state index is 11.9. The number of rotatable bonds is 8. The van der Waals surface area contributed by atoms with E-state index in [1.54, 1.807) is 49.4 Å². The maximum absolute atomic E-state index is 11.9. The van der Waals surface area contributed by atoms with Gasteiger partial charge in [-0.15, -0.1) is 0 Å². The van der Waals surface area contributed by atoms with Gasteiger partial charge in [-0.25, -0.2) is 9.59 Å². The van der Waals surface area contributed by atoms with Gasteiger partial charge in [-0.1, -0.05) is 18.2 Å². The first kappa shape index (κ1) is 20.0. The molecule has 0 aromatic heterocycles. The first-order valence-electron chi connectivity index (χ1n) is 8.37. The molecule has 142 valence electrons. The number of carbonyl (C=O) groups excluding carboxylic acids is 3. The highest BCUT2D eigenvalue weighted by Crippen LogP contribution is 2.14. The number of hydrogen-bond donors (Lipinski definition) is 1. The summed E-state index contributed by atoms with van der Waals surface area (Å²) in [6.07, 6.45) is 0. The Balaban J connectivity index is 1.82. The van der Waals surface area contributed by atoms with Crippen LogP contribution in [-0.4, -0.2) is 38.2 Å². The van der Waals surface area contributed by atoms with Crippen LogP contribution < -0.4 is 10.1 Å². The minimum absolute atomic E-state index is 0.188. The maximum Gasteiger partial charge on any atom is 0.338 e. The summed E-state index contributed by atoms with van der Waals surface area (Å²) >= 11 is 0. The van der Waals surface area contributed by atoms with Crippen LogP contribution in [0, 0.1) is 0 Å². The van der Waals surface area contributed by atoms with Crippen molar-refractivity contribution in [1.82, 2.24) is 5.32 Å². The second-order valence-electron chi connectivity index (χ2n) is 5.50. The molecule has 0 saturated carbocycles. The van der Waals surface area contributed by atoms with Crippen LogP contribution in [0.4, 0.5) is 0 Å². The van der Waals surface area contributed by atoms with E-state index in [9.17, 15) is 14.4 Å². The van der Waals surface area contributed by atoms with E-state index in [0.29, 0.717) is 23.4 Å². The predicted octanol–water partition coefficient (Wildman–Crippen LogP) is 2.35. The SMILES string of the molecule is CCOC(=O)c1cccc(OCC(=O)NCc2ccc(C(=O)OC)cc2)c1. The van der Waals surface area contributed by atoms with Gasteiger partial charge in [0.15, 0.2) is 6.61 Å². The molecule has 27 heavy (non-hydrogen) atoms. The Bertz CT molecular complexity index is 800. The molecule has 0 atom stereocenters. The molecule has 0 radical (unpaired) electrons. The van der Waals surface area contributed by atoms with E-state index >= 15 is 0 Å². The number of carbonyl (C=O) groups is 3. The van der Waals surface area contributed by atoms with E-state index in [-0.39, 0.29) is 19.1 Å². The first-order chi connectivity index (χ1) is 13.0. The fourth-order valence-corrected chi connectivity index (χ4v) is 2.20. The Hall–Kier alpha value is -3.35. The molecule has 2 rings (SSSR count). The van der Waals surface area contributed by atoms with Crippen molar-refractivity contribution >= 4 is 17.8 Å². The van der Waals surface area contributed by atoms with Gasteiger partial charge < -0.3 is 19.5 Å². The molecule has 2 aromatic carbocycles. The number of ether oxygens (including phenoxy) is 3. The molecule has 0 aliphatic carbocycles. The van der Waals surface area contributed by atoms with Crippen molar-refractivity contribution in [3.63, 3.8) is 0 Å². The lowest BCUT2D eigenvalue weighted by Crippen LogP contribution is -2.28. The highest BCUT2D eigenvalue weighted by molar-refractivity contribution is 5.90. The minimum Gasteiger partial charge on any atom is -0.484 e. The molecule has 1 N–H and O–H groups in total. The van der Waals surface area contributed by atoms with Crippen molar-refractivity contribution < 1.29 is 28.6 Å². The van der Waals surface area contributed by atoms with Gasteiger partial charge in [0.2, 0.25) is 0 Å². The van der Waals surface area contributed by atoms with Crippen LogP contribution in [-0.2, 0) is 20.8 Å². The summed E-state index contributed by atoms with van der Waals surface area (Å²) in [6.45, 7) is 2.12. The average molecular weight is 371 g/mol. The monoisotopic (exact) mass is 371 g/mol. The molecule has 7 nitrogen and oxygen atoms in total. The van der Waals surface area contributed by atoms with E-state index in [2.05, 4.69) is 10.1 Å². The lowest BCUT2D eigenvalue weighted by atomic mass is 10.1. The van der Waals surface area contributed by atoms with Crippen LogP contribution in [0.2, 0.25) is 0 Å². The third kappa shape index (κ3) is 6.14. The molecule has 0 saturated heterocycles. The van der Waals surface area contributed by atoms with Gasteiger partial charge in [0, 0.05) is 6.54 Å². The van der Waals surface area contributed by atoms with Gasteiger partial charge in [0.25, 0.3) is 5.91 Å². The van der Waals surface area contributed by atoms with Crippen LogP contribution in [0.1, 0.15) is 33.2 Å². The predicted molar refractivity (Wildman–Crippen MR) is 97.5 cm³/mol. The van der Waals surface area contributed by atoms with Crippen molar-refractivity contribution in [3.05, 3.63) is 65.2 Å². The van der Waals surface area contributed by atoms with Crippen molar-refractivity contribution in [2.24, 2.45) is 0 Å². The van der Waals surface area contributed by atoms with Crippen LogP contribution in [0.3, 0.4) is 0 Å². The summed E-state index contributed by atoms with van der Waals surface area (Å²) < 4.78 is 15.0. The third-order valence-electron chi connectivity index (χ3n) is 3.58. The summed E-state index contributed by atoms with van der Waals surface area (Å²) in [7, 11) is 1.32. The van der Waals surface area contributed by atoms with Gasteiger partial charge in [-0.2, -0.15) is 0 Å². The number of hydrogen-bond acceptors (Lipinski definition) is 6. The number of methoxy groups -OCH3 is 1. The topological polar surface area (TPSA) is 90.9 Å². The first-order valence-corrected chi connectivity index (χ1v) is 8.37. The minimum atomic E-state index is -0.442. The lowest BCUT2D eigenvalue weighted by molar-refractivity contribution is -0.123. The summed E-state index contributed by atoms with van der Waals surface area (Å²) in [4.78, 5) is 35.0. The highest BCUT2D eigenvalue weighted by atomic mass is 16.5. The zero-order chi connectivity index (χ0) is 19.6. The van der Waals surface area contributed by atoms with Gasteiger partial charge in [-0.05, 0) is 42.8 Å². The van der Waals surface area contributed by atoms with Crippen molar-refractivity contribution in [2.45, 2.75) is 13.5 Å². The van der Waals surface area contributed by atoms with Gasteiger partial charge in [0.05, 0.1) is 24.8 Å². The summed E-state index contributed by atoms with van der Waals surface area (Å²) in [5, 5.41) is 2.72. The normalized spacial score (nSPS) is 10.0. The number of nitrogens with one attached hydrogen (secondary N) is 1. The molecule has 0 fully saturated rings. The molecule has 0 bridgehead atoms. The Morgan fingerprint density at radius 3 is 2.37 bits per heavy atom. The summed E-state index contributed by atoms with van der Waals surface area (Å²) in [5.41, 5.74) is 1.64. The quantitative estimate of drug-likeness (QED) is 0.716. The Morgan fingerprint density at radius 1 is 0.963 bits per heavy atom. The molecule has 0 heterocycles. The number of esters is 2. The van der Waals surface area contributed by atoms with E-state index in [1.165, 1.54) is 13.2 Å². The Morgan fingerprint density at radius 2 is 1.70 bits per heavy atom. The molecule has 0 aliphatic rings. The van der Waals surface area contributed by atoms with Crippen molar-refractivity contribution in [1.29, 1.82) is 0 Å². The van der Waals surface area contributed by atoms with Crippen LogP contribution in [0.25, 0.3) is 0 Å². The third-order valence-corrected chi connectivity index (χ3v) is 3.58. The van der Waals surface area contributed by atoms with E-state index in [4.69, 9.17) is 9.47 Å². The van der Waals surface area contributed by atoms with Crippen LogP contribution in [0.15, 0.2) is 48.5 Å². The average Bonchev–Trinajstić information content (AvgIpc) is 2.71. The second kappa shape index (κ2) is 9.96. The Labute approximate surface area is 157 Å². The lowest BCUT2D eigenvalue weighted by Gasteiger charge is -2.09. The van der Waals surface area contributed by atoms with E-state index in [0.717, 1.165) is 5.56 Å². The molecular weight excluding hydrogens is 350 g/mol. The fraction of sp³-hybridized carbons (Fsp3) is 0.250. The van der Waals surface area contributed by atoms with E-state index < -0.39 is 11.9 Å². The zero-order valence-electron chi connectivity index (χ0n) is 15.2. The molecule has 1 amide bonds. The molecule has 0 spiro atoms. The zero-order valence-corrected chi connectivity index (χ0v) is 15.2. The molecular formula is C20H21NO6. The Kier molecular flexibility index (Phi) is 7.37. The van der Waals surface area contributed by atoms with Gasteiger partial charge in [-0.3, -0.25) is 4.79 Å². The largest absolute Gasteiger partial charge is 0.484 e. The van der Waals surface area contributed by atoms with E-state index in [1.807, 2.05) is 0 Å². The van der Waals surface area contributed by atoms with Crippen molar-refractivity contribution in [2.75, 3.05) is 20.3 Å². The second-order valence-corrected chi connectivity index (χ2v) is 5.50. The smallest absolute Gasteiger partial charge is 0.338 e.